The SMILES string of the molecule is O[C@@H]1[C@@H](O)[C@@H](O)O[C@H](CO[C@@H]2O[C@H](CF)[C@H](O)[C@H](O)[C@H]2O)[C@@H]1O. The van der Waals surface area contributed by atoms with Gasteiger partial charge in [-0.15, -0.1) is 0 Å². The van der Waals surface area contributed by atoms with E-state index in [4.69, 9.17) is 14.2 Å². The molecule has 2 aliphatic rings. The molecule has 2 aliphatic heterocycles. The fourth-order valence-electron chi connectivity index (χ4n) is 2.44. The smallest absolute Gasteiger partial charge is 0.186 e. The van der Waals surface area contributed by atoms with Gasteiger partial charge in [0, 0.05) is 0 Å². The third-order valence-corrected chi connectivity index (χ3v) is 3.93. The second kappa shape index (κ2) is 7.61. The molecule has 0 saturated carbocycles. The first-order valence-corrected chi connectivity index (χ1v) is 7.03. The van der Waals surface area contributed by atoms with Crippen molar-refractivity contribution < 1.29 is 54.3 Å². The third kappa shape index (κ3) is 3.79. The first kappa shape index (κ1) is 18.9. The topological polar surface area (TPSA) is 169 Å². The molecule has 23 heavy (non-hydrogen) atoms. The minimum atomic E-state index is -1.76. The zero-order chi connectivity index (χ0) is 17.3. The molecule has 0 aromatic rings. The first-order valence-electron chi connectivity index (χ1n) is 7.03. The van der Waals surface area contributed by atoms with Gasteiger partial charge in [-0.05, 0) is 0 Å². The summed E-state index contributed by atoms with van der Waals surface area (Å²) in [6.07, 6.45) is -16.0. The minimum Gasteiger partial charge on any atom is -0.387 e. The minimum absolute atomic E-state index is 0.508. The first-order chi connectivity index (χ1) is 10.8. The summed E-state index contributed by atoms with van der Waals surface area (Å²) < 4.78 is 27.6. The van der Waals surface area contributed by atoms with Gasteiger partial charge in [-0.1, -0.05) is 0 Å². The molecule has 2 saturated heterocycles. The Labute approximate surface area is 130 Å². The van der Waals surface area contributed by atoms with E-state index in [9.17, 15) is 40.1 Å². The lowest BCUT2D eigenvalue weighted by atomic mass is 9.98. The van der Waals surface area contributed by atoms with Gasteiger partial charge in [0.05, 0.1) is 6.61 Å². The molecule has 2 rings (SSSR count). The van der Waals surface area contributed by atoms with Crippen LogP contribution in [0.3, 0.4) is 0 Å². The lowest BCUT2D eigenvalue weighted by Gasteiger charge is -2.41. The standard InChI is InChI=1S/C12H21FO10/c13-1-3-5(14)8(17)10(19)12(23-3)21-2-4-6(15)7(16)9(18)11(20)22-4/h3-12,14-20H,1-2H2/t3-,4-,5+,6+,7+,8+,9-,10-,11+,12-/m1/s1. The normalized spacial score (nSPS) is 51.7. The average molecular weight is 344 g/mol. The zero-order valence-corrected chi connectivity index (χ0v) is 11.9. The van der Waals surface area contributed by atoms with Crippen molar-refractivity contribution in [1.29, 1.82) is 0 Å². The highest BCUT2D eigenvalue weighted by atomic mass is 19.1. The van der Waals surface area contributed by atoms with Crippen LogP contribution in [0.2, 0.25) is 0 Å². The summed E-state index contributed by atoms with van der Waals surface area (Å²) in [5, 5.41) is 66.8. The fraction of sp³-hybridized carbons (Fsp3) is 1.00. The summed E-state index contributed by atoms with van der Waals surface area (Å²) in [7, 11) is 0. The van der Waals surface area contributed by atoms with Crippen LogP contribution >= 0.6 is 0 Å². The number of aliphatic hydroxyl groups excluding tert-OH is 7. The number of halogens is 1. The van der Waals surface area contributed by atoms with Crippen molar-refractivity contribution in [2.24, 2.45) is 0 Å². The molecule has 2 heterocycles. The monoisotopic (exact) mass is 344 g/mol. The molecule has 10 atom stereocenters. The molecule has 0 bridgehead atoms. The molecule has 0 radical (unpaired) electrons. The molecule has 7 N–H and O–H groups in total. The predicted octanol–water partition coefficient (Wildman–Crippen LogP) is -4.42. The maximum absolute atomic E-state index is 12.7. The Morgan fingerprint density at radius 2 is 1.26 bits per heavy atom. The van der Waals surface area contributed by atoms with Gasteiger partial charge in [0.2, 0.25) is 0 Å². The van der Waals surface area contributed by atoms with Gasteiger partial charge in [-0.25, -0.2) is 4.39 Å². The van der Waals surface area contributed by atoms with Crippen LogP contribution in [0.25, 0.3) is 0 Å². The Morgan fingerprint density at radius 3 is 1.87 bits per heavy atom. The molecule has 0 amide bonds. The van der Waals surface area contributed by atoms with Crippen LogP contribution < -0.4 is 0 Å². The number of ether oxygens (including phenoxy) is 3. The highest BCUT2D eigenvalue weighted by Gasteiger charge is 2.46. The Hall–Kier alpha value is -0.470. The van der Waals surface area contributed by atoms with Gasteiger partial charge < -0.3 is 50.0 Å². The molecule has 2 fully saturated rings. The van der Waals surface area contributed by atoms with E-state index in [0.717, 1.165) is 0 Å². The van der Waals surface area contributed by atoms with Crippen LogP contribution in [0.5, 0.6) is 0 Å². The summed E-state index contributed by atoms with van der Waals surface area (Å²) in [6, 6.07) is 0. The zero-order valence-electron chi connectivity index (χ0n) is 11.9. The summed E-state index contributed by atoms with van der Waals surface area (Å²) in [6.45, 7) is -1.64. The lowest BCUT2D eigenvalue weighted by molar-refractivity contribution is -0.324. The number of alkyl halides is 1. The summed E-state index contributed by atoms with van der Waals surface area (Å²) in [5.74, 6) is 0. The molecule has 11 heteroatoms. The molecule has 0 aromatic carbocycles. The van der Waals surface area contributed by atoms with Gasteiger partial charge in [-0.3, -0.25) is 0 Å². The molecule has 136 valence electrons. The Balaban J connectivity index is 1.94. The summed E-state index contributed by atoms with van der Waals surface area (Å²) in [4.78, 5) is 0. The van der Waals surface area contributed by atoms with Crippen molar-refractivity contribution in [3.63, 3.8) is 0 Å². The van der Waals surface area contributed by atoms with Gasteiger partial charge in [0.15, 0.2) is 12.6 Å². The highest BCUT2D eigenvalue weighted by molar-refractivity contribution is 4.91. The Kier molecular flexibility index (Phi) is 6.24. The average Bonchev–Trinajstić information content (AvgIpc) is 2.54. The molecule has 10 nitrogen and oxygen atoms in total. The molecule has 0 aliphatic carbocycles. The Morgan fingerprint density at radius 1 is 0.696 bits per heavy atom. The van der Waals surface area contributed by atoms with Crippen LogP contribution in [-0.2, 0) is 14.2 Å². The van der Waals surface area contributed by atoms with Crippen molar-refractivity contribution in [3.8, 4) is 0 Å². The lowest BCUT2D eigenvalue weighted by Crippen LogP contribution is -2.61. The van der Waals surface area contributed by atoms with Crippen LogP contribution in [0, 0.1) is 0 Å². The number of hydrogen-bond acceptors (Lipinski definition) is 10. The largest absolute Gasteiger partial charge is 0.387 e. The number of hydrogen-bond donors (Lipinski definition) is 7. The van der Waals surface area contributed by atoms with Gasteiger partial charge in [-0.2, -0.15) is 0 Å². The quantitative estimate of drug-likeness (QED) is 0.264. The van der Waals surface area contributed by atoms with E-state index in [0.29, 0.717) is 0 Å². The van der Waals surface area contributed by atoms with Crippen LogP contribution in [0.15, 0.2) is 0 Å². The number of rotatable bonds is 4. The van der Waals surface area contributed by atoms with Crippen molar-refractivity contribution in [2.45, 2.75) is 61.4 Å². The highest BCUT2D eigenvalue weighted by Crippen LogP contribution is 2.25. The van der Waals surface area contributed by atoms with Crippen LogP contribution in [-0.4, -0.2) is 110 Å². The van der Waals surface area contributed by atoms with E-state index < -0.39 is 74.7 Å². The predicted molar refractivity (Wildman–Crippen MR) is 67.5 cm³/mol. The van der Waals surface area contributed by atoms with Crippen LogP contribution in [0.4, 0.5) is 4.39 Å². The molecule has 0 spiro atoms. The van der Waals surface area contributed by atoms with Crippen LogP contribution in [0.1, 0.15) is 0 Å². The molecule has 0 aromatic heterocycles. The Bertz CT molecular complexity index is 385. The van der Waals surface area contributed by atoms with E-state index in [2.05, 4.69) is 0 Å². The second-order valence-electron chi connectivity index (χ2n) is 5.54. The second-order valence-corrected chi connectivity index (χ2v) is 5.54. The van der Waals surface area contributed by atoms with Crippen molar-refractivity contribution in [3.05, 3.63) is 0 Å². The van der Waals surface area contributed by atoms with Gasteiger partial charge in [0.25, 0.3) is 0 Å². The van der Waals surface area contributed by atoms with E-state index in [1.807, 2.05) is 0 Å². The van der Waals surface area contributed by atoms with Gasteiger partial charge >= 0.3 is 0 Å². The van der Waals surface area contributed by atoms with Crippen molar-refractivity contribution in [2.75, 3.05) is 13.3 Å². The number of aliphatic hydroxyl groups is 7. The van der Waals surface area contributed by atoms with E-state index >= 15 is 0 Å². The molecule has 0 unspecified atom stereocenters. The van der Waals surface area contributed by atoms with E-state index in [-0.39, 0.29) is 0 Å². The van der Waals surface area contributed by atoms with Crippen molar-refractivity contribution >= 4 is 0 Å². The van der Waals surface area contributed by atoms with E-state index in [1.54, 1.807) is 0 Å². The maximum atomic E-state index is 12.7. The third-order valence-electron chi connectivity index (χ3n) is 3.93. The summed E-state index contributed by atoms with van der Waals surface area (Å²) in [5.41, 5.74) is 0. The van der Waals surface area contributed by atoms with Crippen molar-refractivity contribution in [1.82, 2.24) is 0 Å². The van der Waals surface area contributed by atoms with E-state index in [1.165, 1.54) is 0 Å². The maximum Gasteiger partial charge on any atom is 0.186 e. The van der Waals surface area contributed by atoms with Gasteiger partial charge in [0.1, 0.15) is 55.5 Å². The fourth-order valence-corrected chi connectivity index (χ4v) is 2.44. The molecular weight excluding hydrogens is 323 g/mol. The summed E-state index contributed by atoms with van der Waals surface area (Å²) >= 11 is 0. The molecular formula is C12H21FO10.